The van der Waals surface area contributed by atoms with E-state index in [1.54, 1.807) is 0 Å². The van der Waals surface area contributed by atoms with Crippen molar-refractivity contribution in [2.45, 2.75) is 18.4 Å². The quantitative estimate of drug-likeness (QED) is 0.506. The van der Waals surface area contributed by atoms with Gasteiger partial charge in [0.1, 0.15) is 5.03 Å². The molecule has 1 fully saturated rings. The maximum atomic E-state index is 12.2. The highest BCUT2D eigenvalue weighted by Gasteiger charge is 2.19. The first-order valence-electron chi connectivity index (χ1n) is 10.7. The zero-order chi connectivity index (χ0) is 22.3. The number of hydrogen-bond acceptors (Lipinski definition) is 6. The molecule has 0 unspecified atom stereocenters. The lowest BCUT2D eigenvalue weighted by Crippen LogP contribution is -2.46. The van der Waals surface area contributed by atoms with Crippen molar-refractivity contribution in [2.24, 2.45) is 0 Å². The molecule has 1 aliphatic rings. The van der Waals surface area contributed by atoms with Gasteiger partial charge in [0.2, 0.25) is 5.91 Å². The predicted octanol–water partition coefficient (Wildman–Crippen LogP) is 4.75. The molecule has 1 saturated heterocycles. The van der Waals surface area contributed by atoms with Crippen LogP contribution in [0.3, 0.4) is 0 Å². The van der Waals surface area contributed by atoms with E-state index >= 15 is 0 Å². The molecule has 4 rings (SSSR count). The summed E-state index contributed by atoms with van der Waals surface area (Å²) in [6.07, 6.45) is 0.982. The number of halogens is 1. The Hall–Kier alpha value is -2.77. The zero-order valence-electron chi connectivity index (χ0n) is 18.0. The maximum absolute atomic E-state index is 12.2. The summed E-state index contributed by atoms with van der Waals surface area (Å²) < 4.78 is 0. The lowest BCUT2D eigenvalue weighted by atomic mass is 10.1. The average molecular weight is 468 g/mol. The summed E-state index contributed by atoms with van der Waals surface area (Å²) in [5, 5.41) is 13.1. The van der Waals surface area contributed by atoms with Gasteiger partial charge in [-0.1, -0.05) is 48.5 Å². The SMILES string of the molecule is CCc1ccc(NC(=O)CSc2ccc(N3CCN(c4cccc(Cl)c4)CC3)nn2)cc1. The third-order valence-electron chi connectivity index (χ3n) is 5.40. The van der Waals surface area contributed by atoms with Crippen LogP contribution in [0.4, 0.5) is 17.2 Å². The van der Waals surface area contributed by atoms with E-state index in [-0.39, 0.29) is 5.91 Å². The normalized spacial score (nSPS) is 13.8. The Labute approximate surface area is 198 Å². The summed E-state index contributed by atoms with van der Waals surface area (Å²) in [5.41, 5.74) is 3.21. The Kier molecular flexibility index (Phi) is 7.50. The molecule has 0 spiro atoms. The van der Waals surface area contributed by atoms with Crippen LogP contribution in [0.15, 0.2) is 65.7 Å². The van der Waals surface area contributed by atoms with Crippen molar-refractivity contribution in [3.8, 4) is 0 Å². The summed E-state index contributed by atoms with van der Waals surface area (Å²) in [5.74, 6) is 1.10. The lowest BCUT2D eigenvalue weighted by Gasteiger charge is -2.36. The number of anilines is 3. The first-order valence-corrected chi connectivity index (χ1v) is 12.1. The Balaban J connectivity index is 1.24. The first kappa shape index (κ1) is 22.4. The van der Waals surface area contributed by atoms with E-state index in [4.69, 9.17) is 11.6 Å². The van der Waals surface area contributed by atoms with Crippen LogP contribution in [0.5, 0.6) is 0 Å². The number of thioether (sulfide) groups is 1. The average Bonchev–Trinajstić information content (AvgIpc) is 2.84. The molecule has 1 aliphatic heterocycles. The highest BCUT2D eigenvalue weighted by Crippen LogP contribution is 2.23. The van der Waals surface area contributed by atoms with Crippen molar-refractivity contribution in [2.75, 3.05) is 47.0 Å². The lowest BCUT2D eigenvalue weighted by molar-refractivity contribution is -0.113. The fourth-order valence-electron chi connectivity index (χ4n) is 3.59. The minimum atomic E-state index is -0.0535. The van der Waals surface area contributed by atoms with Crippen molar-refractivity contribution in [3.05, 3.63) is 71.2 Å². The molecule has 1 amide bonds. The van der Waals surface area contributed by atoms with E-state index in [1.807, 2.05) is 54.6 Å². The zero-order valence-corrected chi connectivity index (χ0v) is 19.6. The Morgan fingerprint density at radius 3 is 2.41 bits per heavy atom. The molecule has 0 aliphatic carbocycles. The third kappa shape index (κ3) is 5.93. The molecule has 0 saturated carbocycles. The van der Waals surface area contributed by atoms with Crippen LogP contribution in [0.25, 0.3) is 0 Å². The summed E-state index contributed by atoms with van der Waals surface area (Å²) in [6, 6.07) is 19.8. The molecule has 3 aromatic rings. The van der Waals surface area contributed by atoms with Crippen LogP contribution in [-0.4, -0.2) is 48.0 Å². The van der Waals surface area contributed by atoms with Gasteiger partial charge in [-0.3, -0.25) is 4.79 Å². The van der Waals surface area contributed by atoms with Crippen molar-refractivity contribution in [1.29, 1.82) is 0 Å². The van der Waals surface area contributed by atoms with Crippen molar-refractivity contribution in [3.63, 3.8) is 0 Å². The molecule has 0 atom stereocenters. The number of hydrogen-bond donors (Lipinski definition) is 1. The Bertz CT molecular complexity index is 1040. The minimum Gasteiger partial charge on any atom is -0.368 e. The van der Waals surface area contributed by atoms with Crippen molar-refractivity contribution >= 4 is 46.5 Å². The number of carbonyl (C=O) groups is 1. The smallest absolute Gasteiger partial charge is 0.234 e. The summed E-state index contributed by atoms with van der Waals surface area (Å²) in [6.45, 7) is 5.65. The third-order valence-corrected chi connectivity index (χ3v) is 6.56. The summed E-state index contributed by atoms with van der Waals surface area (Å²) in [7, 11) is 0. The predicted molar refractivity (Wildman–Crippen MR) is 133 cm³/mol. The number of benzene rings is 2. The van der Waals surface area contributed by atoms with Gasteiger partial charge in [-0.05, 0) is 54.4 Å². The van der Waals surface area contributed by atoms with Crippen LogP contribution >= 0.6 is 23.4 Å². The molecule has 1 aromatic heterocycles. The fraction of sp³-hybridized carbons (Fsp3) is 0.292. The highest BCUT2D eigenvalue weighted by atomic mass is 35.5. The summed E-state index contributed by atoms with van der Waals surface area (Å²) in [4.78, 5) is 16.8. The van der Waals surface area contributed by atoms with E-state index in [1.165, 1.54) is 17.3 Å². The minimum absolute atomic E-state index is 0.0535. The number of amides is 1. The molecule has 0 bridgehead atoms. The number of nitrogens with zero attached hydrogens (tertiary/aromatic N) is 4. The van der Waals surface area contributed by atoms with Gasteiger partial charge < -0.3 is 15.1 Å². The molecule has 32 heavy (non-hydrogen) atoms. The maximum Gasteiger partial charge on any atom is 0.234 e. The molecular formula is C24H26ClN5OS. The van der Waals surface area contributed by atoms with Gasteiger partial charge in [-0.2, -0.15) is 0 Å². The van der Waals surface area contributed by atoms with Gasteiger partial charge in [-0.15, -0.1) is 10.2 Å². The van der Waals surface area contributed by atoms with Crippen LogP contribution in [-0.2, 0) is 11.2 Å². The number of aryl methyl sites for hydroxylation is 1. The number of nitrogens with one attached hydrogen (secondary N) is 1. The second kappa shape index (κ2) is 10.7. The standard InChI is InChI=1S/C24H26ClN5OS/c1-2-18-6-8-20(9-7-18)26-23(31)17-32-24-11-10-22(27-28-24)30-14-12-29(13-15-30)21-5-3-4-19(25)16-21/h3-11,16H,2,12-15,17H2,1H3,(H,26,31). The van der Waals surface area contributed by atoms with E-state index in [9.17, 15) is 4.79 Å². The van der Waals surface area contributed by atoms with Crippen LogP contribution < -0.4 is 15.1 Å². The van der Waals surface area contributed by atoms with Crippen molar-refractivity contribution in [1.82, 2.24) is 10.2 Å². The molecular weight excluding hydrogens is 442 g/mol. The van der Waals surface area contributed by atoms with Crippen LogP contribution in [0, 0.1) is 0 Å². The molecule has 166 valence electrons. The second-order valence-corrected chi connectivity index (χ2v) is 9.00. The topological polar surface area (TPSA) is 61.4 Å². The number of rotatable bonds is 7. The van der Waals surface area contributed by atoms with Crippen molar-refractivity contribution < 1.29 is 4.79 Å². The van der Waals surface area contributed by atoms with E-state index in [2.05, 4.69) is 38.3 Å². The molecule has 8 heteroatoms. The summed E-state index contributed by atoms with van der Waals surface area (Å²) >= 11 is 7.50. The largest absolute Gasteiger partial charge is 0.368 e. The number of carbonyl (C=O) groups excluding carboxylic acids is 1. The van der Waals surface area contributed by atoms with Gasteiger partial charge in [0.15, 0.2) is 5.82 Å². The first-order chi connectivity index (χ1) is 15.6. The Morgan fingerprint density at radius 2 is 1.75 bits per heavy atom. The molecule has 0 radical (unpaired) electrons. The van der Waals surface area contributed by atoms with Gasteiger partial charge in [0.25, 0.3) is 0 Å². The fourth-order valence-corrected chi connectivity index (χ4v) is 4.38. The second-order valence-electron chi connectivity index (χ2n) is 7.57. The van der Waals surface area contributed by atoms with E-state index in [0.29, 0.717) is 5.75 Å². The van der Waals surface area contributed by atoms with Gasteiger partial charge >= 0.3 is 0 Å². The van der Waals surface area contributed by atoms with E-state index < -0.39 is 0 Å². The molecule has 2 heterocycles. The van der Waals surface area contributed by atoms with Gasteiger partial charge in [0, 0.05) is 42.6 Å². The molecule has 1 N–H and O–H groups in total. The monoisotopic (exact) mass is 467 g/mol. The Morgan fingerprint density at radius 1 is 1.00 bits per heavy atom. The molecule has 2 aromatic carbocycles. The van der Waals surface area contributed by atoms with Crippen LogP contribution in [0.1, 0.15) is 12.5 Å². The van der Waals surface area contributed by atoms with E-state index in [0.717, 1.165) is 59.8 Å². The highest BCUT2D eigenvalue weighted by molar-refractivity contribution is 7.99. The number of aromatic nitrogens is 2. The van der Waals surface area contributed by atoms with Gasteiger partial charge in [-0.25, -0.2) is 0 Å². The van der Waals surface area contributed by atoms with Gasteiger partial charge in [0.05, 0.1) is 5.75 Å². The number of piperazine rings is 1. The molecule has 6 nitrogen and oxygen atoms in total. The van der Waals surface area contributed by atoms with Crippen LogP contribution in [0.2, 0.25) is 5.02 Å².